The van der Waals surface area contributed by atoms with E-state index in [9.17, 15) is 0 Å². The maximum Gasteiger partial charge on any atom is 0.132 e. The summed E-state index contributed by atoms with van der Waals surface area (Å²) < 4.78 is 0.829. The van der Waals surface area contributed by atoms with Gasteiger partial charge in [-0.2, -0.15) is 0 Å². The summed E-state index contributed by atoms with van der Waals surface area (Å²) >= 11 is 3.39. The Labute approximate surface area is 105 Å². The summed E-state index contributed by atoms with van der Waals surface area (Å²) in [6.07, 6.45) is 2.79. The fraction of sp³-hybridized carbons (Fsp3) is 0.500. The van der Waals surface area contributed by atoms with Crippen molar-refractivity contribution in [3.63, 3.8) is 0 Å². The van der Waals surface area contributed by atoms with Crippen LogP contribution in [0.1, 0.15) is 32.5 Å². The third kappa shape index (κ3) is 4.63. The summed E-state index contributed by atoms with van der Waals surface area (Å²) in [7, 11) is 0. The molecule has 0 aliphatic carbocycles. The van der Waals surface area contributed by atoms with Crippen molar-refractivity contribution in [3.8, 4) is 11.8 Å². The summed E-state index contributed by atoms with van der Waals surface area (Å²) in [5.41, 5.74) is 0. The van der Waals surface area contributed by atoms with E-state index >= 15 is 0 Å². The molecule has 1 aromatic heterocycles. The second kappa shape index (κ2) is 7.24. The van der Waals surface area contributed by atoms with Gasteiger partial charge in [-0.3, -0.25) is 0 Å². The molecule has 4 heteroatoms. The topological polar surface area (TPSA) is 37.8 Å². The average molecular weight is 282 g/mol. The Balaban J connectivity index is 2.60. The predicted octanol–water partition coefficient (Wildman–Crippen LogP) is 3.02. The lowest BCUT2D eigenvalue weighted by Gasteiger charge is -2.05. The van der Waals surface area contributed by atoms with Gasteiger partial charge in [-0.1, -0.05) is 6.92 Å². The highest BCUT2D eigenvalue weighted by Crippen LogP contribution is 2.13. The molecule has 0 saturated heterocycles. The second-order valence-electron chi connectivity index (χ2n) is 3.35. The monoisotopic (exact) mass is 281 g/mol. The Kier molecular flexibility index (Phi) is 5.87. The highest BCUT2D eigenvalue weighted by molar-refractivity contribution is 9.10. The lowest BCUT2D eigenvalue weighted by Crippen LogP contribution is -2.05. The number of anilines is 1. The van der Waals surface area contributed by atoms with Crippen LogP contribution in [0.4, 0.5) is 5.82 Å². The van der Waals surface area contributed by atoms with Crippen molar-refractivity contribution in [1.29, 1.82) is 0 Å². The Morgan fingerprint density at radius 2 is 2.25 bits per heavy atom. The minimum Gasteiger partial charge on any atom is -0.369 e. The minimum absolute atomic E-state index is 0.815. The number of aromatic nitrogens is 2. The average Bonchev–Trinajstić information content (AvgIpc) is 2.24. The molecule has 16 heavy (non-hydrogen) atoms. The first-order valence-electron chi connectivity index (χ1n) is 5.43. The maximum absolute atomic E-state index is 4.42. The van der Waals surface area contributed by atoms with Crippen LogP contribution in [0.3, 0.4) is 0 Å². The summed E-state index contributed by atoms with van der Waals surface area (Å²) in [6.45, 7) is 4.78. The van der Waals surface area contributed by atoms with Crippen LogP contribution >= 0.6 is 15.9 Å². The van der Waals surface area contributed by atoms with E-state index in [1.165, 1.54) is 0 Å². The number of aryl methyl sites for hydroxylation is 1. The van der Waals surface area contributed by atoms with Gasteiger partial charge < -0.3 is 5.32 Å². The first kappa shape index (κ1) is 13.0. The molecule has 0 atom stereocenters. The maximum atomic E-state index is 4.42. The fourth-order valence-corrected chi connectivity index (χ4v) is 1.69. The number of halogens is 1. The van der Waals surface area contributed by atoms with Gasteiger partial charge in [-0.15, -0.1) is 11.8 Å². The first-order chi connectivity index (χ1) is 7.76. The molecule has 0 aromatic carbocycles. The summed E-state index contributed by atoms with van der Waals surface area (Å²) in [5, 5.41) is 3.24. The number of hydrogen-bond acceptors (Lipinski definition) is 3. The fourth-order valence-electron chi connectivity index (χ4n) is 1.27. The molecular formula is C12H16BrN3. The van der Waals surface area contributed by atoms with Gasteiger partial charge in [0, 0.05) is 25.5 Å². The lowest BCUT2D eigenvalue weighted by molar-refractivity contribution is 0.828. The van der Waals surface area contributed by atoms with Crippen LogP contribution in [0.5, 0.6) is 0 Å². The Bertz CT molecular complexity index is 393. The van der Waals surface area contributed by atoms with Crippen molar-refractivity contribution in [3.05, 3.63) is 16.5 Å². The second-order valence-corrected chi connectivity index (χ2v) is 4.16. The molecule has 0 aliphatic heterocycles. The highest BCUT2D eigenvalue weighted by Gasteiger charge is 2.01. The van der Waals surface area contributed by atoms with Gasteiger partial charge in [0.2, 0.25) is 0 Å². The van der Waals surface area contributed by atoms with E-state index in [4.69, 9.17) is 0 Å². The zero-order chi connectivity index (χ0) is 11.8. The Hall–Kier alpha value is -1.08. The van der Waals surface area contributed by atoms with E-state index < -0.39 is 0 Å². The van der Waals surface area contributed by atoms with Crippen molar-refractivity contribution in [1.82, 2.24) is 9.97 Å². The van der Waals surface area contributed by atoms with Crippen LogP contribution in [-0.2, 0) is 6.42 Å². The van der Waals surface area contributed by atoms with E-state index in [0.29, 0.717) is 0 Å². The van der Waals surface area contributed by atoms with Gasteiger partial charge in [0.25, 0.3) is 0 Å². The minimum atomic E-state index is 0.815. The summed E-state index contributed by atoms with van der Waals surface area (Å²) in [6, 6.07) is 1.89. The molecule has 0 radical (unpaired) electrons. The Morgan fingerprint density at radius 1 is 1.44 bits per heavy atom. The number of nitrogens with one attached hydrogen (secondary N) is 1. The van der Waals surface area contributed by atoms with E-state index in [-0.39, 0.29) is 0 Å². The number of rotatable bonds is 5. The first-order valence-corrected chi connectivity index (χ1v) is 6.22. The number of hydrogen-bond donors (Lipinski definition) is 1. The van der Waals surface area contributed by atoms with Crippen LogP contribution in [-0.4, -0.2) is 16.5 Å². The lowest BCUT2D eigenvalue weighted by atomic mass is 10.3. The van der Waals surface area contributed by atoms with Crippen molar-refractivity contribution < 1.29 is 0 Å². The van der Waals surface area contributed by atoms with Gasteiger partial charge in [0.15, 0.2) is 0 Å². The van der Waals surface area contributed by atoms with Crippen molar-refractivity contribution >= 4 is 21.7 Å². The van der Waals surface area contributed by atoms with Crippen LogP contribution in [0, 0.1) is 11.8 Å². The van der Waals surface area contributed by atoms with Crippen LogP contribution in [0.15, 0.2) is 10.7 Å². The molecule has 0 unspecified atom stereocenters. The molecule has 0 amide bonds. The van der Waals surface area contributed by atoms with Crippen LogP contribution in [0.25, 0.3) is 0 Å². The molecular weight excluding hydrogens is 266 g/mol. The molecule has 1 N–H and O–H groups in total. The van der Waals surface area contributed by atoms with E-state index in [1.807, 2.05) is 13.0 Å². The van der Waals surface area contributed by atoms with E-state index in [1.54, 1.807) is 0 Å². The molecule has 0 fully saturated rings. The molecule has 3 nitrogen and oxygen atoms in total. The third-order valence-corrected chi connectivity index (χ3v) is 2.35. The molecule has 0 bridgehead atoms. The van der Waals surface area contributed by atoms with Crippen LogP contribution in [0.2, 0.25) is 0 Å². The Morgan fingerprint density at radius 3 is 2.94 bits per heavy atom. The predicted molar refractivity (Wildman–Crippen MR) is 70.3 cm³/mol. The smallest absolute Gasteiger partial charge is 0.132 e. The quantitative estimate of drug-likeness (QED) is 0.512. The van der Waals surface area contributed by atoms with Crippen molar-refractivity contribution in [2.45, 2.75) is 33.1 Å². The van der Waals surface area contributed by atoms with Gasteiger partial charge in [-0.25, -0.2) is 9.97 Å². The zero-order valence-corrected chi connectivity index (χ0v) is 11.3. The standard InChI is InChI=1S/C12H16BrN3/c1-3-5-6-8-14-12-9-10(13)15-11(16-12)7-4-2/h9H,4,6-8H2,1-2H3,(H,14,15,16). The molecule has 1 heterocycles. The van der Waals surface area contributed by atoms with Gasteiger partial charge in [-0.05, 0) is 29.3 Å². The largest absolute Gasteiger partial charge is 0.369 e. The molecule has 1 rings (SSSR count). The van der Waals surface area contributed by atoms with Gasteiger partial charge in [0.1, 0.15) is 16.2 Å². The van der Waals surface area contributed by atoms with E-state index in [0.717, 1.165) is 42.1 Å². The molecule has 0 saturated carbocycles. The van der Waals surface area contributed by atoms with Crippen molar-refractivity contribution in [2.24, 2.45) is 0 Å². The summed E-state index contributed by atoms with van der Waals surface area (Å²) in [4.78, 5) is 8.73. The SMILES string of the molecule is CC#CCCNc1cc(Br)nc(CCC)n1. The van der Waals surface area contributed by atoms with Gasteiger partial charge in [0.05, 0.1) is 0 Å². The molecule has 86 valence electrons. The molecule has 0 spiro atoms. The molecule has 0 aliphatic rings. The normalized spacial score (nSPS) is 9.44. The van der Waals surface area contributed by atoms with Gasteiger partial charge >= 0.3 is 0 Å². The van der Waals surface area contributed by atoms with E-state index in [2.05, 4.69) is 50.0 Å². The van der Waals surface area contributed by atoms with Crippen LogP contribution < -0.4 is 5.32 Å². The highest BCUT2D eigenvalue weighted by atomic mass is 79.9. The number of nitrogens with zero attached hydrogens (tertiary/aromatic N) is 2. The van der Waals surface area contributed by atoms with Crippen molar-refractivity contribution in [2.75, 3.05) is 11.9 Å². The zero-order valence-electron chi connectivity index (χ0n) is 9.68. The molecule has 1 aromatic rings. The summed E-state index contributed by atoms with van der Waals surface area (Å²) in [5.74, 6) is 7.61. The third-order valence-electron chi connectivity index (χ3n) is 1.95.